The number of hydrogen-bond acceptors (Lipinski definition) is 4. The summed E-state index contributed by atoms with van der Waals surface area (Å²) in [5.41, 5.74) is 4.83. The number of nitrogens with zero attached hydrogens (tertiary/aromatic N) is 1. The SMILES string of the molecule is CC(=O)N1CCC(NCC2CC2)=C(C(=N)Nc2ccc(-c3cccc(C(C)(C)O)c3)cc2)C1. The van der Waals surface area contributed by atoms with Crippen LogP contribution in [0.1, 0.15) is 45.6 Å². The summed E-state index contributed by atoms with van der Waals surface area (Å²) in [4.78, 5) is 13.7. The lowest BCUT2D eigenvalue weighted by Gasteiger charge is -2.31. The summed E-state index contributed by atoms with van der Waals surface area (Å²) in [6.45, 7) is 7.25. The molecule has 1 saturated carbocycles. The standard InChI is InChI=1S/C27H34N4O2/c1-18(32)31-14-13-25(29-16-19-7-8-19)24(17-31)26(28)30-23-11-9-20(10-12-23)21-5-4-6-22(15-21)27(2,3)33/h4-6,9-12,15,19,29,33H,7-8,13-14,16-17H2,1-3H3,(H2,28,30). The molecule has 0 bridgehead atoms. The Morgan fingerprint density at radius 2 is 1.88 bits per heavy atom. The fourth-order valence-electron chi connectivity index (χ4n) is 4.09. The quantitative estimate of drug-likeness (QED) is 0.373. The first kappa shape index (κ1) is 23.1. The van der Waals surface area contributed by atoms with Crippen LogP contribution in [0.3, 0.4) is 0 Å². The van der Waals surface area contributed by atoms with E-state index in [-0.39, 0.29) is 5.91 Å². The molecule has 0 saturated heterocycles. The second-order valence-electron chi connectivity index (χ2n) is 9.69. The second-order valence-corrected chi connectivity index (χ2v) is 9.69. The lowest BCUT2D eigenvalue weighted by atomic mass is 9.94. The summed E-state index contributed by atoms with van der Waals surface area (Å²) in [6, 6.07) is 15.9. The first-order chi connectivity index (χ1) is 15.7. The number of nitrogens with one attached hydrogen (secondary N) is 3. The maximum atomic E-state index is 11.9. The van der Waals surface area contributed by atoms with Crippen LogP contribution >= 0.6 is 0 Å². The summed E-state index contributed by atoms with van der Waals surface area (Å²) in [5.74, 6) is 1.12. The van der Waals surface area contributed by atoms with E-state index in [9.17, 15) is 9.90 Å². The molecule has 1 fully saturated rings. The number of hydrogen-bond donors (Lipinski definition) is 4. The molecule has 2 aromatic carbocycles. The molecule has 2 aromatic rings. The van der Waals surface area contributed by atoms with Crippen molar-refractivity contribution < 1.29 is 9.90 Å². The van der Waals surface area contributed by atoms with Gasteiger partial charge in [-0.1, -0.05) is 30.3 Å². The lowest BCUT2D eigenvalue weighted by Crippen LogP contribution is -2.41. The molecule has 0 spiro atoms. The third-order valence-corrected chi connectivity index (χ3v) is 6.45. The molecule has 1 aliphatic carbocycles. The Labute approximate surface area is 196 Å². The van der Waals surface area contributed by atoms with Crippen LogP contribution in [0.25, 0.3) is 11.1 Å². The van der Waals surface area contributed by atoms with Crippen molar-refractivity contribution in [3.63, 3.8) is 0 Å². The average molecular weight is 447 g/mol. The number of amides is 1. The van der Waals surface area contributed by atoms with Crippen molar-refractivity contribution >= 4 is 17.4 Å². The maximum Gasteiger partial charge on any atom is 0.219 e. The Balaban J connectivity index is 1.49. The number of amidine groups is 1. The molecule has 0 radical (unpaired) electrons. The third kappa shape index (κ3) is 5.82. The third-order valence-electron chi connectivity index (χ3n) is 6.45. The van der Waals surface area contributed by atoms with Gasteiger partial charge in [0.2, 0.25) is 5.91 Å². The normalized spacial score (nSPS) is 16.5. The Kier molecular flexibility index (Phi) is 6.56. The summed E-state index contributed by atoms with van der Waals surface area (Å²) in [6.07, 6.45) is 3.30. The van der Waals surface area contributed by atoms with Crippen LogP contribution in [0, 0.1) is 11.3 Å². The minimum atomic E-state index is -0.890. The Bertz CT molecular complexity index is 1060. The molecule has 0 atom stereocenters. The van der Waals surface area contributed by atoms with Gasteiger partial charge in [0.1, 0.15) is 5.84 Å². The van der Waals surface area contributed by atoms with E-state index < -0.39 is 5.60 Å². The molecule has 1 heterocycles. The van der Waals surface area contributed by atoms with Crippen molar-refractivity contribution in [3.8, 4) is 11.1 Å². The molecule has 174 valence electrons. The van der Waals surface area contributed by atoms with Gasteiger partial charge in [0.25, 0.3) is 0 Å². The summed E-state index contributed by atoms with van der Waals surface area (Å²) >= 11 is 0. The number of carbonyl (C=O) groups excluding carboxylic acids is 1. The Morgan fingerprint density at radius 3 is 2.52 bits per heavy atom. The van der Waals surface area contributed by atoms with Gasteiger partial charge in [0.05, 0.1) is 12.1 Å². The van der Waals surface area contributed by atoms with Gasteiger partial charge < -0.3 is 20.6 Å². The molecule has 4 N–H and O–H groups in total. The van der Waals surface area contributed by atoms with Crippen LogP contribution in [0.2, 0.25) is 0 Å². The Morgan fingerprint density at radius 1 is 1.15 bits per heavy atom. The van der Waals surface area contributed by atoms with Crippen molar-refractivity contribution in [2.75, 3.05) is 25.0 Å². The van der Waals surface area contributed by atoms with E-state index in [0.29, 0.717) is 18.9 Å². The highest BCUT2D eigenvalue weighted by molar-refractivity contribution is 6.07. The molecule has 0 unspecified atom stereocenters. The molecule has 0 aromatic heterocycles. The van der Waals surface area contributed by atoms with E-state index in [4.69, 9.17) is 5.41 Å². The van der Waals surface area contributed by atoms with Gasteiger partial charge in [-0.25, -0.2) is 0 Å². The molecule has 6 heteroatoms. The molecule has 33 heavy (non-hydrogen) atoms. The van der Waals surface area contributed by atoms with Crippen molar-refractivity contribution in [1.82, 2.24) is 10.2 Å². The zero-order valence-electron chi connectivity index (χ0n) is 19.7. The zero-order chi connectivity index (χ0) is 23.6. The summed E-state index contributed by atoms with van der Waals surface area (Å²) < 4.78 is 0. The van der Waals surface area contributed by atoms with Gasteiger partial charge >= 0.3 is 0 Å². The molecule has 2 aliphatic rings. The summed E-state index contributed by atoms with van der Waals surface area (Å²) in [7, 11) is 0. The number of carbonyl (C=O) groups is 1. The van der Waals surface area contributed by atoms with Crippen molar-refractivity contribution in [2.24, 2.45) is 5.92 Å². The van der Waals surface area contributed by atoms with Crippen molar-refractivity contribution in [1.29, 1.82) is 5.41 Å². The fraction of sp³-hybridized carbons (Fsp3) is 0.407. The topological polar surface area (TPSA) is 88.5 Å². The number of aliphatic hydroxyl groups is 1. The predicted octanol–water partition coefficient (Wildman–Crippen LogP) is 4.48. The first-order valence-corrected chi connectivity index (χ1v) is 11.7. The van der Waals surface area contributed by atoms with Gasteiger partial charge in [0, 0.05) is 43.4 Å². The lowest BCUT2D eigenvalue weighted by molar-refractivity contribution is -0.128. The maximum absolute atomic E-state index is 11.9. The molecule has 4 rings (SSSR count). The molecule has 1 aliphatic heterocycles. The van der Waals surface area contributed by atoms with E-state index >= 15 is 0 Å². The van der Waals surface area contributed by atoms with Crippen molar-refractivity contribution in [3.05, 3.63) is 65.4 Å². The highest BCUT2D eigenvalue weighted by atomic mass is 16.3. The number of benzene rings is 2. The highest BCUT2D eigenvalue weighted by Crippen LogP contribution is 2.29. The minimum absolute atomic E-state index is 0.0409. The van der Waals surface area contributed by atoms with Gasteiger partial charge in [0.15, 0.2) is 0 Å². The molecule has 6 nitrogen and oxygen atoms in total. The molecular weight excluding hydrogens is 412 g/mol. The van der Waals surface area contributed by atoms with Gasteiger partial charge in [-0.05, 0) is 67.5 Å². The summed E-state index contributed by atoms with van der Waals surface area (Å²) in [5, 5.41) is 25.8. The van der Waals surface area contributed by atoms with Gasteiger partial charge in [-0.2, -0.15) is 0 Å². The van der Waals surface area contributed by atoms with Gasteiger partial charge in [-0.3, -0.25) is 10.2 Å². The van der Waals surface area contributed by atoms with E-state index in [1.54, 1.807) is 25.7 Å². The van der Waals surface area contributed by atoms with Crippen molar-refractivity contribution in [2.45, 2.75) is 45.6 Å². The van der Waals surface area contributed by atoms with E-state index in [1.165, 1.54) is 12.8 Å². The highest BCUT2D eigenvalue weighted by Gasteiger charge is 2.26. The van der Waals surface area contributed by atoms with E-state index in [2.05, 4.69) is 10.6 Å². The predicted molar refractivity (Wildman–Crippen MR) is 133 cm³/mol. The number of rotatable bonds is 7. The average Bonchev–Trinajstić information content (AvgIpc) is 3.62. The fourth-order valence-corrected chi connectivity index (χ4v) is 4.09. The van der Waals surface area contributed by atoms with Crippen LogP contribution in [0.5, 0.6) is 0 Å². The van der Waals surface area contributed by atoms with E-state index in [1.807, 2.05) is 48.5 Å². The number of anilines is 1. The molecular formula is C27H34N4O2. The smallest absolute Gasteiger partial charge is 0.219 e. The largest absolute Gasteiger partial charge is 0.388 e. The van der Waals surface area contributed by atoms with Crippen LogP contribution in [0.15, 0.2) is 59.8 Å². The minimum Gasteiger partial charge on any atom is -0.388 e. The van der Waals surface area contributed by atoms with E-state index in [0.717, 1.165) is 52.5 Å². The second kappa shape index (κ2) is 9.40. The Hall–Kier alpha value is -3.12. The van der Waals surface area contributed by atoms with Crippen LogP contribution in [-0.4, -0.2) is 41.4 Å². The van der Waals surface area contributed by atoms with Crippen LogP contribution < -0.4 is 10.6 Å². The zero-order valence-corrected chi connectivity index (χ0v) is 19.7. The monoisotopic (exact) mass is 446 g/mol. The first-order valence-electron chi connectivity index (χ1n) is 11.7. The molecule has 1 amide bonds. The van der Waals surface area contributed by atoms with Gasteiger partial charge in [-0.15, -0.1) is 0 Å². The van der Waals surface area contributed by atoms with Crippen LogP contribution in [0.4, 0.5) is 5.69 Å². The van der Waals surface area contributed by atoms with Crippen LogP contribution in [-0.2, 0) is 10.4 Å².